The highest BCUT2D eigenvalue weighted by atomic mass is 16.5. The molecule has 0 heterocycles. The predicted octanol–water partition coefficient (Wildman–Crippen LogP) is 12.2. The van der Waals surface area contributed by atoms with Gasteiger partial charge in [-0.1, -0.05) is 181 Å². The Hall–Kier alpha value is -1.40. The third-order valence-electron chi connectivity index (χ3n) is 10.1. The van der Waals surface area contributed by atoms with Crippen molar-refractivity contribution in [2.45, 2.75) is 251 Å². The molecule has 0 fully saturated rings. The van der Waals surface area contributed by atoms with Crippen LogP contribution >= 0.6 is 0 Å². The van der Waals surface area contributed by atoms with Gasteiger partial charge in [0.1, 0.15) is 6.10 Å². The third-order valence-corrected chi connectivity index (χ3v) is 10.1. The summed E-state index contributed by atoms with van der Waals surface area (Å²) in [6.45, 7) is 6.43. The Kier molecular flexibility index (Phi) is 37.7. The number of rotatable bonds is 39. The van der Waals surface area contributed by atoms with Crippen LogP contribution < -0.4 is 5.32 Å². The van der Waals surface area contributed by atoms with Crippen LogP contribution in [0.2, 0.25) is 0 Å². The van der Waals surface area contributed by atoms with Gasteiger partial charge in [0.25, 0.3) is 0 Å². The van der Waals surface area contributed by atoms with Crippen molar-refractivity contribution in [3.05, 3.63) is 12.2 Å². The van der Waals surface area contributed by atoms with Gasteiger partial charge in [-0.15, -0.1) is 0 Å². The quantitative estimate of drug-likeness (QED) is 0.0336. The second kappa shape index (κ2) is 38.8. The number of aliphatic hydroxyl groups is 2. The highest BCUT2D eigenvalue weighted by molar-refractivity contribution is 5.77. The first-order chi connectivity index (χ1) is 24.5. The topological polar surface area (TPSA) is 95.9 Å². The summed E-state index contributed by atoms with van der Waals surface area (Å²) in [6, 6.07) is -0.694. The van der Waals surface area contributed by atoms with Gasteiger partial charge in [-0.05, 0) is 51.4 Å². The van der Waals surface area contributed by atoms with Crippen LogP contribution in [0.4, 0.5) is 0 Å². The van der Waals surface area contributed by atoms with Gasteiger partial charge in [0.05, 0.1) is 25.2 Å². The van der Waals surface area contributed by atoms with E-state index in [0.717, 1.165) is 57.8 Å². The molecule has 0 aliphatic carbocycles. The second-order valence-electron chi connectivity index (χ2n) is 15.1. The number of nitrogens with one attached hydrogen (secondary N) is 1. The number of hydrogen-bond donors (Lipinski definition) is 3. The summed E-state index contributed by atoms with van der Waals surface area (Å²) in [5.74, 6) is -0.488. The Labute approximate surface area is 310 Å². The molecule has 0 aromatic heterocycles. The van der Waals surface area contributed by atoms with E-state index < -0.39 is 18.2 Å². The molecular weight excluding hydrogens is 622 g/mol. The predicted molar refractivity (Wildman–Crippen MR) is 213 cm³/mol. The molecule has 0 aliphatic heterocycles. The smallest absolute Gasteiger partial charge is 0.306 e. The van der Waals surface area contributed by atoms with Crippen LogP contribution in [0, 0.1) is 0 Å². The molecule has 0 aromatic carbocycles. The van der Waals surface area contributed by atoms with Crippen LogP contribution in [-0.2, 0) is 14.3 Å². The number of carbonyl (C=O) groups excluding carboxylic acids is 2. The molecule has 1 amide bonds. The van der Waals surface area contributed by atoms with E-state index in [9.17, 15) is 19.8 Å². The van der Waals surface area contributed by atoms with Gasteiger partial charge in [0.2, 0.25) is 5.91 Å². The van der Waals surface area contributed by atoms with Gasteiger partial charge < -0.3 is 20.3 Å². The molecule has 0 aromatic rings. The highest BCUT2D eigenvalue weighted by Gasteiger charge is 2.24. The number of esters is 1. The van der Waals surface area contributed by atoms with E-state index in [1.165, 1.54) is 128 Å². The van der Waals surface area contributed by atoms with Crippen molar-refractivity contribution in [1.82, 2.24) is 5.32 Å². The SMILES string of the molecule is CCCCCCCC/C=C\CCCCCC(=O)OC(CCCCCCCCCCC)CC(=O)NC(CO)C(O)CCCCCCCCCCC. The Bertz CT molecular complexity index is 757. The third kappa shape index (κ3) is 33.7. The summed E-state index contributed by atoms with van der Waals surface area (Å²) in [5.41, 5.74) is 0. The minimum absolute atomic E-state index is 0.0768. The largest absolute Gasteiger partial charge is 0.462 e. The molecule has 296 valence electrons. The molecule has 3 unspecified atom stereocenters. The number of hydrogen-bond acceptors (Lipinski definition) is 5. The lowest BCUT2D eigenvalue weighted by Crippen LogP contribution is -2.46. The Morgan fingerprint density at radius 3 is 1.42 bits per heavy atom. The zero-order valence-corrected chi connectivity index (χ0v) is 33.5. The summed E-state index contributed by atoms with van der Waals surface area (Å²) in [6.07, 6.45) is 39.9. The lowest BCUT2D eigenvalue weighted by molar-refractivity contribution is -0.151. The minimum Gasteiger partial charge on any atom is -0.462 e. The van der Waals surface area contributed by atoms with Crippen molar-refractivity contribution in [3.63, 3.8) is 0 Å². The molecule has 6 heteroatoms. The summed E-state index contributed by atoms with van der Waals surface area (Å²) in [5, 5.41) is 23.5. The Morgan fingerprint density at radius 2 is 0.960 bits per heavy atom. The number of amides is 1. The van der Waals surface area contributed by atoms with E-state index in [1.807, 2.05) is 0 Å². The monoisotopic (exact) mass is 708 g/mol. The first-order valence-corrected chi connectivity index (χ1v) is 21.9. The van der Waals surface area contributed by atoms with Gasteiger partial charge in [-0.3, -0.25) is 9.59 Å². The first-order valence-electron chi connectivity index (χ1n) is 21.9. The van der Waals surface area contributed by atoms with Crippen LogP contribution in [0.25, 0.3) is 0 Å². The van der Waals surface area contributed by atoms with E-state index in [2.05, 4.69) is 38.2 Å². The second-order valence-corrected chi connectivity index (χ2v) is 15.1. The fraction of sp³-hybridized carbons (Fsp3) is 0.909. The Balaban J connectivity index is 4.55. The number of unbranched alkanes of at least 4 members (excludes halogenated alkanes) is 25. The average molecular weight is 708 g/mol. The lowest BCUT2D eigenvalue weighted by Gasteiger charge is -2.24. The van der Waals surface area contributed by atoms with Crippen LogP contribution in [0.3, 0.4) is 0 Å². The molecule has 0 bridgehead atoms. The highest BCUT2D eigenvalue weighted by Crippen LogP contribution is 2.17. The van der Waals surface area contributed by atoms with E-state index in [4.69, 9.17) is 4.74 Å². The Morgan fingerprint density at radius 1 is 0.560 bits per heavy atom. The summed E-state index contributed by atoms with van der Waals surface area (Å²) in [7, 11) is 0. The van der Waals surface area contributed by atoms with E-state index in [-0.39, 0.29) is 24.9 Å². The molecule has 0 aliphatic rings. The molecule has 50 heavy (non-hydrogen) atoms. The molecule has 3 atom stereocenters. The van der Waals surface area contributed by atoms with Gasteiger partial charge in [0.15, 0.2) is 0 Å². The van der Waals surface area contributed by atoms with Gasteiger partial charge >= 0.3 is 5.97 Å². The number of aliphatic hydroxyl groups excluding tert-OH is 2. The van der Waals surface area contributed by atoms with Crippen molar-refractivity contribution >= 4 is 11.9 Å². The van der Waals surface area contributed by atoms with Crippen molar-refractivity contribution in [2.75, 3.05) is 6.61 Å². The molecule has 0 radical (unpaired) electrons. The number of allylic oxidation sites excluding steroid dienone is 2. The maximum atomic E-state index is 13.0. The standard InChI is InChI=1S/C44H85NO5/c1-4-7-10-13-16-19-20-21-22-25-28-31-34-37-44(49)50-40(35-32-29-26-23-17-14-11-8-5-2)38-43(48)45-41(39-46)42(47)36-33-30-27-24-18-15-12-9-6-3/h21-22,40-42,46-47H,4-20,23-39H2,1-3H3,(H,45,48)/b22-21-. The maximum absolute atomic E-state index is 13.0. The average Bonchev–Trinajstić information content (AvgIpc) is 3.10. The molecule has 0 spiro atoms. The number of carbonyl (C=O) groups is 2. The van der Waals surface area contributed by atoms with Crippen molar-refractivity contribution in [2.24, 2.45) is 0 Å². The van der Waals surface area contributed by atoms with Crippen molar-refractivity contribution < 1.29 is 24.5 Å². The van der Waals surface area contributed by atoms with E-state index in [0.29, 0.717) is 19.3 Å². The molecule has 3 N–H and O–H groups in total. The van der Waals surface area contributed by atoms with Gasteiger partial charge in [-0.2, -0.15) is 0 Å². The molecular formula is C44H85NO5. The summed E-state index contributed by atoms with van der Waals surface area (Å²) < 4.78 is 5.87. The van der Waals surface area contributed by atoms with E-state index >= 15 is 0 Å². The van der Waals surface area contributed by atoms with Crippen LogP contribution in [0.15, 0.2) is 12.2 Å². The zero-order chi connectivity index (χ0) is 36.8. The molecule has 0 saturated heterocycles. The molecule has 0 saturated carbocycles. The minimum atomic E-state index is -0.780. The lowest BCUT2D eigenvalue weighted by atomic mass is 10.0. The van der Waals surface area contributed by atoms with Crippen molar-refractivity contribution in [1.29, 1.82) is 0 Å². The zero-order valence-electron chi connectivity index (χ0n) is 33.5. The maximum Gasteiger partial charge on any atom is 0.306 e. The van der Waals surface area contributed by atoms with Gasteiger partial charge in [-0.25, -0.2) is 0 Å². The summed E-state index contributed by atoms with van der Waals surface area (Å²) in [4.78, 5) is 25.8. The summed E-state index contributed by atoms with van der Waals surface area (Å²) >= 11 is 0. The first kappa shape index (κ1) is 48.6. The number of ether oxygens (including phenoxy) is 1. The van der Waals surface area contributed by atoms with Crippen molar-refractivity contribution in [3.8, 4) is 0 Å². The fourth-order valence-corrected chi connectivity index (χ4v) is 6.72. The van der Waals surface area contributed by atoms with E-state index in [1.54, 1.807) is 0 Å². The molecule has 0 rings (SSSR count). The molecule has 6 nitrogen and oxygen atoms in total. The van der Waals surface area contributed by atoms with Crippen LogP contribution in [0.5, 0.6) is 0 Å². The fourth-order valence-electron chi connectivity index (χ4n) is 6.72. The van der Waals surface area contributed by atoms with Gasteiger partial charge in [0, 0.05) is 6.42 Å². The normalized spacial score (nSPS) is 13.5. The van der Waals surface area contributed by atoms with Crippen LogP contribution in [0.1, 0.15) is 233 Å². The van der Waals surface area contributed by atoms with Crippen LogP contribution in [-0.4, -0.2) is 46.9 Å².